The summed E-state index contributed by atoms with van der Waals surface area (Å²) in [6, 6.07) is 17.3. The Morgan fingerprint density at radius 2 is 1.50 bits per heavy atom. The van der Waals surface area contributed by atoms with Gasteiger partial charge in [-0.25, -0.2) is 9.97 Å². The maximum absolute atomic E-state index is 12.6. The highest BCUT2D eigenvalue weighted by molar-refractivity contribution is 8.02. The van der Waals surface area contributed by atoms with E-state index in [0.717, 1.165) is 52.3 Å². The van der Waals surface area contributed by atoms with Crippen molar-refractivity contribution in [2.24, 2.45) is 0 Å². The molecule has 0 aliphatic heterocycles. The fourth-order valence-corrected chi connectivity index (χ4v) is 7.68. The fourth-order valence-electron chi connectivity index (χ4n) is 3.85. The van der Waals surface area contributed by atoms with Gasteiger partial charge in [0.25, 0.3) is 0 Å². The van der Waals surface area contributed by atoms with Gasteiger partial charge < -0.3 is 16.4 Å². The minimum Gasteiger partial charge on any atom is -0.399 e. The van der Waals surface area contributed by atoms with Gasteiger partial charge in [-0.15, -0.1) is 22.7 Å². The van der Waals surface area contributed by atoms with Gasteiger partial charge in [-0.1, -0.05) is 48.6 Å². The molecule has 0 radical (unpaired) electrons. The monoisotopic (exact) mass is 579 g/mol. The first-order valence-corrected chi connectivity index (χ1v) is 15.5. The molecule has 5 aromatic rings. The van der Waals surface area contributed by atoms with Crippen LogP contribution in [-0.2, 0) is 16.0 Å². The van der Waals surface area contributed by atoms with Gasteiger partial charge in [0.1, 0.15) is 0 Å². The molecule has 7 nitrogen and oxygen atoms in total. The lowest BCUT2D eigenvalue weighted by Gasteiger charge is -2.12. The molecule has 0 aliphatic carbocycles. The van der Waals surface area contributed by atoms with Crippen molar-refractivity contribution in [3.05, 3.63) is 65.7 Å². The molecule has 0 aliphatic rings. The zero-order chi connectivity index (χ0) is 26.6. The van der Waals surface area contributed by atoms with Crippen LogP contribution < -0.4 is 16.4 Å². The fraction of sp³-hybridized carbons (Fsp3) is 0.185. The Morgan fingerprint density at radius 1 is 0.868 bits per heavy atom. The third kappa shape index (κ3) is 6.29. The Morgan fingerprint density at radius 3 is 2.18 bits per heavy atom. The van der Waals surface area contributed by atoms with Crippen molar-refractivity contribution < 1.29 is 9.59 Å². The van der Waals surface area contributed by atoms with Gasteiger partial charge in [-0.3, -0.25) is 9.59 Å². The largest absolute Gasteiger partial charge is 0.399 e. The Kier molecular flexibility index (Phi) is 8.18. The minimum atomic E-state index is -0.105. The first-order valence-electron chi connectivity index (χ1n) is 11.9. The Bertz CT molecular complexity index is 1650. The molecule has 38 heavy (non-hydrogen) atoms. The molecule has 11 heteroatoms. The summed E-state index contributed by atoms with van der Waals surface area (Å²) in [6.45, 7) is 4.08. The molecule has 0 atom stereocenters. The number of amides is 2. The number of anilines is 3. The lowest BCUT2D eigenvalue weighted by atomic mass is 10.1. The Hall–Kier alpha value is -3.12. The molecule has 5 rings (SSSR count). The van der Waals surface area contributed by atoms with Crippen LogP contribution in [0.2, 0.25) is 0 Å². The van der Waals surface area contributed by atoms with Crippen molar-refractivity contribution in [1.82, 2.24) is 9.97 Å². The summed E-state index contributed by atoms with van der Waals surface area (Å²) in [5, 5.41) is 6.01. The van der Waals surface area contributed by atoms with Crippen molar-refractivity contribution in [2.45, 2.75) is 28.9 Å². The molecule has 4 N–H and O–H groups in total. The van der Waals surface area contributed by atoms with Gasteiger partial charge in [0.05, 0.1) is 31.9 Å². The van der Waals surface area contributed by atoms with E-state index >= 15 is 0 Å². The molecule has 2 amide bonds. The van der Waals surface area contributed by atoms with Gasteiger partial charge in [0.2, 0.25) is 11.8 Å². The summed E-state index contributed by atoms with van der Waals surface area (Å²) < 4.78 is 3.61. The second-order valence-corrected chi connectivity index (χ2v) is 13.0. The number of aromatic nitrogens is 2. The number of aryl methyl sites for hydroxylation is 2. The molecular weight excluding hydrogens is 555 g/mol. The van der Waals surface area contributed by atoms with Crippen molar-refractivity contribution in [3.63, 3.8) is 0 Å². The molecule has 3 aromatic carbocycles. The molecule has 0 spiro atoms. The number of nitrogens with zero attached hydrogens (tertiary/aromatic N) is 2. The number of carbonyl (C=O) groups excluding carboxylic acids is 2. The van der Waals surface area contributed by atoms with Crippen LogP contribution in [0.1, 0.15) is 18.1 Å². The maximum Gasteiger partial charge on any atom is 0.234 e. The van der Waals surface area contributed by atoms with Crippen LogP contribution in [-0.4, -0.2) is 33.3 Å². The first kappa shape index (κ1) is 26.5. The number of nitrogen functional groups attached to an aromatic ring is 1. The predicted molar refractivity (Wildman–Crippen MR) is 163 cm³/mol. The second kappa shape index (κ2) is 11.7. The van der Waals surface area contributed by atoms with Crippen LogP contribution in [0.4, 0.5) is 17.1 Å². The zero-order valence-electron chi connectivity index (χ0n) is 20.7. The summed E-state index contributed by atoms with van der Waals surface area (Å²) >= 11 is 5.85. The lowest BCUT2D eigenvalue weighted by Crippen LogP contribution is -2.16. The average molecular weight is 580 g/mol. The van der Waals surface area contributed by atoms with E-state index in [9.17, 15) is 9.59 Å². The van der Waals surface area contributed by atoms with E-state index in [-0.39, 0.29) is 23.3 Å². The minimum absolute atomic E-state index is 0.0553. The average Bonchev–Trinajstić information content (AvgIpc) is 3.50. The van der Waals surface area contributed by atoms with Gasteiger partial charge in [-0.2, -0.15) is 0 Å². The zero-order valence-corrected chi connectivity index (χ0v) is 24.0. The number of thiazole rings is 2. The quantitative estimate of drug-likeness (QED) is 0.130. The van der Waals surface area contributed by atoms with Crippen molar-refractivity contribution >= 4 is 95.5 Å². The maximum atomic E-state index is 12.6. The van der Waals surface area contributed by atoms with Crippen LogP contribution in [0.3, 0.4) is 0 Å². The highest BCUT2D eigenvalue weighted by atomic mass is 32.2. The number of rotatable bonds is 9. The van der Waals surface area contributed by atoms with Gasteiger partial charge >= 0.3 is 0 Å². The number of benzene rings is 3. The molecule has 0 unspecified atom stereocenters. The van der Waals surface area contributed by atoms with E-state index in [4.69, 9.17) is 5.73 Å². The molecule has 194 valence electrons. The second-order valence-electron chi connectivity index (χ2n) is 8.51. The van der Waals surface area contributed by atoms with Gasteiger partial charge in [-0.05, 0) is 60.9 Å². The summed E-state index contributed by atoms with van der Waals surface area (Å²) in [4.78, 5) is 34.4. The predicted octanol–water partition coefficient (Wildman–Crippen LogP) is 6.82. The van der Waals surface area contributed by atoms with Crippen LogP contribution >= 0.6 is 46.2 Å². The standard InChI is InChI=1S/C27H25N5O2S4/c1-3-16-6-4-5-15(2)25(16)32-24(34)14-36-27-31-20-10-8-18(12-22(20)38-27)29-23(33)13-35-26-30-19-9-7-17(28)11-21(19)37-26/h4-12H,3,13-14,28H2,1-2H3,(H,29,33)(H,32,34). The number of hydrogen-bond acceptors (Lipinski definition) is 9. The SMILES string of the molecule is CCc1cccc(C)c1NC(=O)CSc1nc2ccc(NC(=O)CSc3nc4ccc(N)cc4s3)cc2s1. The van der Waals surface area contributed by atoms with Gasteiger partial charge in [0, 0.05) is 17.1 Å². The van der Waals surface area contributed by atoms with Crippen molar-refractivity contribution in [3.8, 4) is 0 Å². The Labute approximate surface area is 236 Å². The highest BCUT2D eigenvalue weighted by Crippen LogP contribution is 2.33. The molecule has 2 aromatic heterocycles. The van der Waals surface area contributed by atoms with E-state index in [1.807, 2.05) is 61.5 Å². The molecule has 0 bridgehead atoms. The number of thioether (sulfide) groups is 2. The van der Waals surface area contributed by atoms with Crippen LogP contribution in [0.15, 0.2) is 63.3 Å². The number of carbonyl (C=O) groups is 2. The lowest BCUT2D eigenvalue weighted by molar-refractivity contribution is -0.114. The van der Waals surface area contributed by atoms with Crippen molar-refractivity contribution in [1.29, 1.82) is 0 Å². The molecule has 2 heterocycles. The Balaban J connectivity index is 1.16. The van der Waals surface area contributed by atoms with E-state index in [2.05, 4.69) is 27.5 Å². The van der Waals surface area contributed by atoms with Crippen LogP contribution in [0, 0.1) is 6.92 Å². The smallest absolute Gasteiger partial charge is 0.234 e. The number of hydrogen-bond donors (Lipinski definition) is 3. The molecular formula is C27H25N5O2S4. The summed E-state index contributed by atoms with van der Waals surface area (Å²) in [6.07, 6.45) is 0.859. The highest BCUT2D eigenvalue weighted by Gasteiger charge is 2.13. The number of fused-ring (bicyclic) bond motifs is 2. The van der Waals surface area contributed by atoms with E-state index in [1.54, 1.807) is 0 Å². The molecule has 0 saturated carbocycles. The first-order chi connectivity index (χ1) is 18.4. The van der Waals surface area contributed by atoms with E-state index in [1.165, 1.54) is 46.2 Å². The van der Waals surface area contributed by atoms with E-state index in [0.29, 0.717) is 11.4 Å². The molecule has 0 fully saturated rings. The summed E-state index contributed by atoms with van der Waals surface area (Å²) in [7, 11) is 0. The topological polar surface area (TPSA) is 110 Å². The summed E-state index contributed by atoms with van der Waals surface area (Å²) in [5.74, 6) is 0.371. The summed E-state index contributed by atoms with van der Waals surface area (Å²) in [5.41, 5.74) is 12.1. The van der Waals surface area contributed by atoms with Gasteiger partial charge in [0.15, 0.2) is 8.68 Å². The van der Waals surface area contributed by atoms with Crippen LogP contribution in [0.25, 0.3) is 20.4 Å². The van der Waals surface area contributed by atoms with Crippen molar-refractivity contribution in [2.75, 3.05) is 27.9 Å². The van der Waals surface area contributed by atoms with Crippen LogP contribution in [0.5, 0.6) is 0 Å². The number of nitrogens with two attached hydrogens (primary N) is 1. The third-order valence-corrected chi connectivity index (χ3v) is 10.0. The number of nitrogens with one attached hydrogen (secondary N) is 2. The number of para-hydroxylation sites is 1. The normalized spacial score (nSPS) is 11.2. The third-order valence-electron chi connectivity index (χ3n) is 5.70. The molecule has 0 saturated heterocycles. The van der Waals surface area contributed by atoms with E-state index < -0.39 is 0 Å².